The van der Waals surface area contributed by atoms with Crippen molar-refractivity contribution in [3.63, 3.8) is 0 Å². The highest BCUT2D eigenvalue weighted by Crippen LogP contribution is 2.37. The van der Waals surface area contributed by atoms with Gasteiger partial charge in [0.05, 0.1) is 22.0 Å². The number of aromatic nitrogens is 2. The van der Waals surface area contributed by atoms with Gasteiger partial charge in [-0.1, -0.05) is 0 Å². The molecule has 0 unspecified atom stereocenters. The summed E-state index contributed by atoms with van der Waals surface area (Å²) in [6, 6.07) is 5.72. The molecule has 1 aliphatic heterocycles. The average Bonchev–Trinajstić information content (AvgIpc) is 2.87. The maximum absolute atomic E-state index is 12.9. The van der Waals surface area contributed by atoms with E-state index in [9.17, 15) is 14.7 Å². The molecule has 11 heteroatoms. The Kier molecular flexibility index (Phi) is 8.09. The van der Waals surface area contributed by atoms with E-state index in [1.807, 2.05) is 19.2 Å². The number of ether oxygens (including phenoxy) is 2. The summed E-state index contributed by atoms with van der Waals surface area (Å²) in [7, 11) is 1.81. The van der Waals surface area contributed by atoms with E-state index in [2.05, 4.69) is 25.9 Å². The second-order valence-electron chi connectivity index (χ2n) is 8.72. The molecule has 2 aromatic heterocycles. The molecule has 4 N–H and O–H groups in total. The Balaban J connectivity index is 1.29. The number of rotatable bonds is 9. The quantitative estimate of drug-likeness (QED) is 0.379. The summed E-state index contributed by atoms with van der Waals surface area (Å²) < 4.78 is 11.0. The van der Waals surface area contributed by atoms with Gasteiger partial charge in [0, 0.05) is 25.8 Å². The number of nitrogens with zero attached hydrogens (tertiary/aromatic N) is 2. The second-order valence-corrected chi connectivity index (χ2v) is 9.74. The molecule has 0 saturated heterocycles. The fourth-order valence-corrected chi connectivity index (χ4v) is 4.93. The van der Waals surface area contributed by atoms with Crippen LogP contribution in [0, 0.1) is 0 Å². The second kappa shape index (κ2) is 11.2. The van der Waals surface area contributed by atoms with Crippen molar-refractivity contribution in [1.29, 1.82) is 0 Å². The van der Waals surface area contributed by atoms with Crippen LogP contribution in [0.5, 0.6) is 11.6 Å². The third-order valence-electron chi connectivity index (χ3n) is 6.08. The Morgan fingerprint density at radius 1 is 1.20 bits per heavy atom. The summed E-state index contributed by atoms with van der Waals surface area (Å²) in [5, 5.41) is 20.4. The Hall–Kier alpha value is -2.89. The normalized spacial score (nSPS) is 21.3. The number of aliphatic hydroxyl groups is 1. The summed E-state index contributed by atoms with van der Waals surface area (Å²) in [5.74, 6) is 1.57. The number of pyridine rings is 2. The fraction of sp³-hybridized carbons (Fsp3) is 0.500. The van der Waals surface area contributed by atoms with Gasteiger partial charge < -0.3 is 30.5 Å². The number of hydrogen-bond donors (Lipinski definition) is 4. The van der Waals surface area contributed by atoms with E-state index in [1.54, 1.807) is 13.0 Å². The first-order valence-electron chi connectivity index (χ1n) is 11.7. The van der Waals surface area contributed by atoms with Crippen molar-refractivity contribution >= 4 is 35.0 Å². The topological polar surface area (TPSA) is 135 Å². The Morgan fingerprint density at radius 2 is 1.97 bits per heavy atom. The van der Waals surface area contributed by atoms with Gasteiger partial charge in [0.25, 0.3) is 11.8 Å². The minimum absolute atomic E-state index is 0.122. The van der Waals surface area contributed by atoms with Gasteiger partial charge >= 0.3 is 0 Å². The smallest absolute Gasteiger partial charge is 0.259 e. The Labute approximate surface area is 208 Å². The van der Waals surface area contributed by atoms with E-state index in [1.165, 1.54) is 18.0 Å². The zero-order valence-electron chi connectivity index (χ0n) is 19.9. The maximum Gasteiger partial charge on any atom is 0.259 e. The van der Waals surface area contributed by atoms with Gasteiger partial charge in [-0.25, -0.2) is 9.97 Å². The molecule has 35 heavy (non-hydrogen) atoms. The predicted octanol–water partition coefficient (Wildman–Crippen LogP) is 2.37. The van der Waals surface area contributed by atoms with E-state index < -0.39 is 11.5 Å². The Morgan fingerprint density at radius 3 is 2.71 bits per heavy atom. The number of nitrogens with one attached hydrogen (secondary N) is 3. The maximum atomic E-state index is 12.9. The van der Waals surface area contributed by atoms with E-state index >= 15 is 0 Å². The highest BCUT2D eigenvalue weighted by atomic mass is 32.2. The number of Topliss-reactive ketones (excluding diaryl/α,β-unsaturated/α-hetero) is 1. The van der Waals surface area contributed by atoms with Gasteiger partial charge in [-0.3, -0.25) is 9.59 Å². The van der Waals surface area contributed by atoms with Crippen molar-refractivity contribution in [3.05, 3.63) is 30.1 Å². The van der Waals surface area contributed by atoms with Crippen molar-refractivity contribution in [3.8, 4) is 11.6 Å². The van der Waals surface area contributed by atoms with Gasteiger partial charge in [0.15, 0.2) is 0 Å². The van der Waals surface area contributed by atoms with Crippen LogP contribution in [0.2, 0.25) is 0 Å². The molecule has 0 spiro atoms. The summed E-state index contributed by atoms with van der Waals surface area (Å²) in [5.41, 5.74) is -0.119. The number of carbonyl (C=O) groups is 2. The Bertz CT molecular complexity index is 1070. The van der Waals surface area contributed by atoms with E-state index in [-0.39, 0.29) is 11.8 Å². The summed E-state index contributed by atoms with van der Waals surface area (Å²) in [6.07, 6.45) is 3.54. The monoisotopic (exact) mass is 501 g/mol. The molecule has 4 rings (SSSR count). The number of hydrogen-bond acceptors (Lipinski definition) is 10. The molecule has 1 saturated carbocycles. The third kappa shape index (κ3) is 6.22. The number of carbonyl (C=O) groups excluding carboxylic acids is 2. The number of anilines is 2. The highest BCUT2D eigenvalue weighted by molar-refractivity contribution is 8.00. The molecule has 0 atom stereocenters. The zero-order chi connectivity index (χ0) is 24.8. The minimum atomic E-state index is -1.45. The third-order valence-corrected chi connectivity index (χ3v) is 7.27. The van der Waals surface area contributed by atoms with E-state index in [0.717, 1.165) is 16.4 Å². The number of fused-ring (bicyclic) bond motifs is 1. The first kappa shape index (κ1) is 25.2. The number of thioether (sulfide) groups is 1. The molecule has 188 valence electrons. The van der Waals surface area contributed by atoms with E-state index in [0.29, 0.717) is 68.5 Å². The first-order valence-corrected chi connectivity index (χ1v) is 12.7. The zero-order valence-corrected chi connectivity index (χ0v) is 20.7. The van der Waals surface area contributed by atoms with Gasteiger partial charge in [0.2, 0.25) is 5.75 Å². The summed E-state index contributed by atoms with van der Waals surface area (Å²) in [4.78, 5) is 33.9. The van der Waals surface area contributed by atoms with Gasteiger partial charge in [-0.05, 0) is 50.8 Å². The van der Waals surface area contributed by atoms with Crippen LogP contribution in [0.15, 0.2) is 29.3 Å². The van der Waals surface area contributed by atoms with Crippen LogP contribution in [-0.4, -0.2) is 64.4 Å². The first-order chi connectivity index (χ1) is 16.9. The van der Waals surface area contributed by atoms with Crippen molar-refractivity contribution in [2.45, 2.75) is 55.7 Å². The summed E-state index contributed by atoms with van der Waals surface area (Å²) >= 11 is 1.47. The van der Waals surface area contributed by atoms with Crippen LogP contribution in [0.1, 0.15) is 38.3 Å². The molecule has 1 fully saturated rings. The fourth-order valence-electron chi connectivity index (χ4n) is 4.13. The molecule has 10 nitrogen and oxygen atoms in total. The molecule has 0 aromatic carbocycles. The SMILES string of the molecule is CNc1nc(CN[C@H]2CC[C@](O)(C(=O)Nc3ccnc4c3OCCO4)CC2)ccc1SCC(C)=O. The van der Waals surface area contributed by atoms with Crippen LogP contribution in [0.4, 0.5) is 11.5 Å². The molecule has 1 amide bonds. The molecule has 1 aliphatic carbocycles. The molecular formula is C24H31N5O5S. The van der Waals surface area contributed by atoms with E-state index in [4.69, 9.17) is 9.47 Å². The molecule has 2 aliphatic rings. The number of amides is 1. The molecule has 2 aromatic rings. The lowest BCUT2D eigenvalue weighted by Gasteiger charge is -2.35. The summed E-state index contributed by atoms with van der Waals surface area (Å²) in [6.45, 7) is 2.93. The lowest BCUT2D eigenvalue weighted by Crippen LogP contribution is -2.48. The largest absolute Gasteiger partial charge is 0.483 e. The number of ketones is 1. The van der Waals surface area contributed by atoms with Crippen LogP contribution in [-0.2, 0) is 16.1 Å². The van der Waals surface area contributed by atoms with Crippen LogP contribution >= 0.6 is 11.8 Å². The molecule has 3 heterocycles. The van der Waals surface area contributed by atoms with Crippen LogP contribution in [0.3, 0.4) is 0 Å². The standard InChI is InChI=1S/C24H31N5O5S/c1-15(30)14-35-19-4-3-17(28-21(19)25-2)13-27-16-5-8-24(32,9-6-16)23(31)29-18-7-10-26-22-20(18)33-11-12-34-22/h3-4,7,10,16,27,32H,5-6,8-9,11-14H2,1-2H3,(H,25,28)(H,26,29,31)/t16-,24+. The minimum Gasteiger partial charge on any atom is -0.483 e. The van der Waals surface area contributed by atoms with Crippen molar-refractivity contribution in [2.24, 2.45) is 0 Å². The van der Waals surface area contributed by atoms with Crippen molar-refractivity contribution < 1.29 is 24.2 Å². The molecule has 0 radical (unpaired) electrons. The van der Waals surface area contributed by atoms with Crippen LogP contribution in [0.25, 0.3) is 0 Å². The van der Waals surface area contributed by atoms with Crippen LogP contribution < -0.4 is 25.4 Å². The average molecular weight is 502 g/mol. The molecule has 0 bridgehead atoms. The molecular weight excluding hydrogens is 470 g/mol. The van der Waals surface area contributed by atoms with Gasteiger partial charge in [0.1, 0.15) is 30.4 Å². The van der Waals surface area contributed by atoms with Gasteiger partial charge in [-0.2, -0.15) is 0 Å². The van der Waals surface area contributed by atoms with Crippen molar-refractivity contribution in [1.82, 2.24) is 15.3 Å². The van der Waals surface area contributed by atoms with Gasteiger partial charge in [-0.15, -0.1) is 11.8 Å². The predicted molar refractivity (Wildman–Crippen MR) is 133 cm³/mol. The van der Waals surface area contributed by atoms with Crippen molar-refractivity contribution in [2.75, 3.05) is 36.6 Å². The lowest BCUT2D eigenvalue weighted by atomic mass is 9.81. The highest BCUT2D eigenvalue weighted by Gasteiger charge is 2.40. The lowest BCUT2D eigenvalue weighted by molar-refractivity contribution is -0.137.